The Labute approximate surface area is 253 Å². The summed E-state index contributed by atoms with van der Waals surface area (Å²) < 4.78 is 0. The van der Waals surface area contributed by atoms with Gasteiger partial charge in [0.15, 0.2) is 11.4 Å². The zero-order valence-corrected chi connectivity index (χ0v) is 24.9. The molecule has 0 saturated heterocycles. The van der Waals surface area contributed by atoms with Crippen LogP contribution >= 0.6 is 0 Å². The third-order valence-electron chi connectivity index (χ3n) is 8.49. The number of phenols is 1. The molecule has 5 rings (SSSR count). The Morgan fingerprint density at radius 3 is 2.39 bits per heavy atom. The Balaban J connectivity index is 1.68. The topological polar surface area (TPSA) is 203 Å². The molecular weight excluding hydrogens is 568 g/mol. The summed E-state index contributed by atoms with van der Waals surface area (Å²) in [6, 6.07) is 5.36. The van der Waals surface area contributed by atoms with Gasteiger partial charge in [-0.05, 0) is 61.7 Å². The number of likely N-dealkylation sites (N-methyl/N-ethyl adjacent to an activating group) is 1. The SMILES string of the molecule is CN(C)[C@@H]1C(=O)C(C(N)=O)=C(O)[C@@]2(O)C(=O)C3=C(O)c4c(O)c(C(C)(C)C)cc(CNC(=O)c5ccccn5)c4[CH]C3[CH]C12. The van der Waals surface area contributed by atoms with E-state index in [1.807, 2.05) is 20.8 Å². The second-order valence-electron chi connectivity index (χ2n) is 12.5. The number of pyridine rings is 1. The number of aromatic nitrogens is 1. The Hall–Kier alpha value is -4.55. The molecule has 1 aromatic heterocycles. The number of aliphatic hydroxyl groups excluding tert-OH is 2. The van der Waals surface area contributed by atoms with E-state index in [4.69, 9.17) is 5.73 Å². The first-order chi connectivity index (χ1) is 20.5. The number of nitrogens with two attached hydrogens (primary N) is 1. The Bertz CT molecular complexity index is 1670. The predicted molar refractivity (Wildman–Crippen MR) is 158 cm³/mol. The maximum absolute atomic E-state index is 14.1. The van der Waals surface area contributed by atoms with Crippen LogP contribution in [-0.4, -0.2) is 79.4 Å². The van der Waals surface area contributed by atoms with Crippen LogP contribution in [0.4, 0.5) is 0 Å². The van der Waals surface area contributed by atoms with Crippen LogP contribution in [0.25, 0.3) is 5.76 Å². The Morgan fingerprint density at radius 2 is 1.82 bits per heavy atom. The number of ketones is 2. The van der Waals surface area contributed by atoms with Crippen molar-refractivity contribution in [3.05, 3.63) is 88.2 Å². The van der Waals surface area contributed by atoms with Gasteiger partial charge in [0.05, 0.1) is 11.6 Å². The van der Waals surface area contributed by atoms with Gasteiger partial charge in [0, 0.05) is 35.7 Å². The molecule has 1 saturated carbocycles. The minimum absolute atomic E-state index is 0.0292. The lowest BCUT2D eigenvalue weighted by Crippen LogP contribution is -2.66. The molecule has 230 valence electrons. The Morgan fingerprint density at radius 1 is 1.14 bits per heavy atom. The maximum Gasteiger partial charge on any atom is 0.270 e. The normalized spacial score (nSPS) is 25.0. The number of rotatable bonds is 5. The number of hydrogen-bond acceptors (Lipinski definition) is 10. The highest BCUT2D eigenvalue weighted by atomic mass is 16.3. The predicted octanol–water partition coefficient (Wildman–Crippen LogP) is 1.41. The number of aliphatic hydroxyl groups is 3. The number of carbonyl (C=O) groups is 4. The molecule has 0 bridgehead atoms. The van der Waals surface area contributed by atoms with Crippen molar-refractivity contribution in [2.75, 3.05) is 14.1 Å². The number of nitrogens with one attached hydrogen (secondary N) is 1. The molecule has 1 heterocycles. The van der Waals surface area contributed by atoms with Crippen molar-refractivity contribution in [1.29, 1.82) is 0 Å². The maximum atomic E-state index is 14.1. The summed E-state index contributed by atoms with van der Waals surface area (Å²) in [6.45, 7) is 5.49. The molecule has 12 nitrogen and oxygen atoms in total. The smallest absolute Gasteiger partial charge is 0.270 e. The molecule has 2 amide bonds. The first-order valence-electron chi connectivity index (χ1n) is 13.9. The lowest BCUT2D eigenvalue weighted by Gasteiger charge is -2.50. The van der Waals surface area contributed by atoms with E-state index >= 15 is 0 Å². The summed E-state index contributed by atoms with van der Waals surface area (Å²) in [5.41, 5.74) is 2.05. The molecule has 2 aromatic rings. The summed E-state index contributed by atoms with van der Waals surface area (Å²) in [4.78, 5) is 57.9. The van der Waals surface area contributed by atoms with Gasteiger partial charge >= 0.3 is 0 Å². The summed E-state index contributed by atoms with van der Waals surface area (Å²) in [5.74, 6) is -8.23. The summed E-state index contributed by atoms with van der Waals surface area (Å²) >= 11 is 0. The van der Waals surface area contributed by atoms with Crippen LogP contribution in [0.5, 0.6) is 5.75 Å². The fraction of sp³-hybridized carbons (Fsp3) is 0.344. The van der Waals surface area contributed by atoms with Gasteiger partial charge in [0.1, 0.15) is 28.5 Å². The lowest BCUT2D eigenvalue weighted by atomic mass is 9.57. The van der Waals surface area contributed by atoms with Gasteiger partial charge in [-0.25, -0.2) is 0 Å². The van der Waals surface area contributed by atoms with Crippen LogP contribution < -0.4 is 11.1 Å². The third kappa shape index (κ3) is 4.56. The van der Waals surface area contributed by atoms with Gasteiger partial charge in [-0.3, -0.25) is 29.1 Å². The number of amides is 2. The largest absolute Gasteiger partial charge is 0.508 e. The lowest BCUT2D eigenvalue weighted by molar-refractivity contribution is -0.149. The van der Waals surface area contributed by atoms with Gasteiger partial charge in [-0.1, -0.05) is 26.8 Å². The molecular formula is C32H34N4O8. The Kier molecular flexibility index (Phi) is 7.42. The van der Waals surface area contributed by atoms with Crippen LogP contribution in [0.3, 0.4) is 0 Å². The minimum atomic E-state index is -2.80. The van der Waals surface area contributed by atoms with E-state index in [9.17, 15) is 39.6 Å². The van der Waals surface area contributed by atoms with Crippen molar-refractivity contribution < 1.29 is 39.6 Å². The molecule has 2 unspecified atom stereocenters. The number of benzene rings is 1. The first kappa shape index (κ1) is 30.9. The monoisotopic (exact) mass is 602 g/mol. The van der Waals surface area contributed by atoms with Crippen LogP contribution in [-0.2, 0) is 26.3 Å². The molecule has 2 radical (unpaired) electrons. The van der Waals surface area contributed by atoms with E-state index in [-0.39, 0.29) is 29.1 Å². The van der Waals surface area contributed by atoms with Crippen molar-refractivity contribution in [2.24, 2.45) is 17.6 Å². The fourth-order valence-electron chi connectivity index (χ4n) is 6.35. The third-order valence-corrected chi connectivity index (χ3v) is 8.49. The number of aromatic hydroxyl groups is 1. The molecule has 12 heteroatoms. The molecule has 7 N–H and O–H groups in total. The summed E-state index contributed by atoms with van der Waals surface area (Å²) in [7, 11) is 3.03. The minimum Gasteiger partial charge on any atom is -0.508 e. The molecule has 4 atom stereocenters. The average Bonchev–Trinajstić information content (AvgIpc) is 2.93. The van der Waals surface area contributed by atoms with Crippen LogP contribution in [0, 0.1) is 24.7 Å². The molecule has 0 spiro atoms. The van der Waals surface area contributed by atoms with Crippen molar-refractivity contribution in [3.63, 3.8) is 0 Å². The number of carbonyl (C=O) groups excluding carboxylic acids is 4. The number of nitrogens with zero attached hydrogens (tertiary/aromatic N) is 2. The van der Waals surface area contributed by atoms with Crippen molar-refractivity contribution in [2.45, 2.75) is 44.4 Å². The number of primary amides is 1. The number of hydrogen-bond donors (Lipinski definition) is 6. The zero-order chi connectivity index (χ0) is 32.5. The van der Waals surface area contributed by atoms with Crippen molar-refractivity contribution in [1.82, 2.24) is 15.2 Å². The number of Topliss-reactive ketones (excluding diaryl/α,β-unsaturated/α-hetero) is 2. The van der Waals surface area contributed by atoms with Crippen molar-refractivity contribution in [3.8, 4) is 5.75 Å². The van der Waals surface area contributed by atoms with E-state index < -0.39 is 69.4 Å². The highest BCUT2D eigenvalue weighted by Gasteiger charge is 2.64. The van der Waals surface area contributed by atoms with Crippen molar-refractivity contribution >= 4 is 29.1 Å². The van der Waals surface area contributed by atoms with E-state index in [0.717, 1.165) is 0 Å². The second-order valence-corrected chi connectivity index (χ2v) is 12.5. The number of fused-ring (bicyclic) bond motifs is 3. The molecule has 3 aliphatic carbocycles. The molecule has 1 aromatic carbocycles. The quantitative estimate of drug-likeness (QED) is 0.272. The van der Waals surface area contributed by atoms with Crippen LogP contribution in [0.15, 0.2) is 47.4 Å². The van der Waals surface area contributed by atoms with E-state index in [0.29, 0.717) is 16.7 Å². The van der Waals surface area contributed by atoms with Gasteiger partial charge in [-0.15, -0.1) is 0 Å². The second kappa shape index (κ2) is 10.6. The summed E-state index contributed by atoms with van der Waals surface area (Å²) in [6.07, 6.45) is 4.54. The molecule has 44 heavy (non-hydrogen) atoms. The molecule has 3 aliphatic rings. The molecule has 1 fully saturated rings. The highest BCUT2D eigenvalue weighted by Crippen LogP contribution is 2.54. The average molecular weight is 603 g/mol. The van der Waals surface area contributed by atoms with Gasteiger partial charge in [0.25, 0.3) is 11.8 Å². The van der Waals surface area contributed by atoms with Gasteiger partial charge < -0.3 is 31.5 Å². The standard InChI is InChI=1S/C32H34N4O8/c1-31(2,3)18-12-15(13-35-30(43)19-8-6-7-9-34-19)16-10-14-11-17-23(36(4)5)26(39)22(29(33)42)28(41)32(17,44)27(40)20(14)25(38)21(16)24(18)37/h6-12,14,17,23,37-38,41,44H,13H2,1-5H3,(H2,33,42)(H,35,43)/t14?,17?,23-,32-/m0/s1. The molecule has 0 aliphatic heterocycles. The van der Waals surface area contributed by atoms with Gasteiger partial charge in [-0.2, -0.15) is 0 Å². The van der Waals surface area contributed by atoms with E-state index in [1.165, 1.54) is 31.6 Å². The van der Waals surface area contributed by atoms with Crippen LogP contribution in [0.2, 0.25) is 0 Å². The highest BCUT2D eigenvalue weighted by molar-refractivity contribution is 6.24. The van der Waals surface area contributed by atoms with Gasteiger partial charge in [0.2, 0.25) is 5.78 Å². The number of phenolic OH excluding ortho intramolecular Hbond substituents is 1. The fourth-order valence-corrected chi connectivity index (χ4v) is 6.35. The first-order valence-corrected chi connectivity index (χ1v) is 13.9. The van der Waals surface area contributed by atoms with Crippen LogP contribution in [0.1, 0.15) is 53.5 Å². The van der Waals surface area contributed by atoms with E-state index in [2.05, 4.69) is 10.3 Å². The summed E-state index contributed by atoms with van der Waals surface area (Å²) in [5, 5.41) is 48.7. The zero-order valence-electron chi connectivity index (χ0n) is 24.9. The van der Waals surface area contributed by atoms with E-state index in [1.54, 1.807) is 30.7 Å².